The third-order valence-corrected chi connectivity index (χ3v) is 2.13. The van der Waals surface area contributed by atoms with Crippen molar-refractivity contribution >= 4 is 17.5 Å². The number of nitrogens with two attached hydrogens (primary N) is 1. The van der Waals surface area contributed by atoms with Crippen LogP contribution in [0.15, 0.2) is 18.2 Å². The van der Waals surface area contributed by atoms with Crippen molar-refractivity contribution in [3.8, 4) is 0 Å². The lowest BCUT2D eigenvalue weighted by Crippen LogP contribution is -2.35. The van der Waals surface area contributed by atoms with Crippen molar-refractivity contribution in [2.24, 2.45) is 5.73 Å². The smallest absolute Gasteiger partial charge is 0.366 e. The first-order valence-corrected chi connectivity index (χ1v) is 5.36. The van der Waals surface area contributed by atoms with Crippen LogP contribution in [-0.2, 0) is 4.79 Å². The number of hydrogen-bond acceptors (Lipinski definition) is 3. The van der Waals surface area contributed by atoms with Gasteiger partial charge in [0.05, 0.1) is 18.7 Å². The predicted molar refractivity (Wildman–Crippen MR) is 62.5 cm³/mol. The van der Waals surface area contributed by atoms with Gasteiger partial charge >= 0.3 is 6.18 Å². The van der Waals surface area contributed by atoms with E-state index in [9.17, 15) is 27.2 Å². The number of anilines is 1. The number of carbonyl (C=O) groups excluding carboxylic acids is 2. The second-order valence-corrected chi connectivity index (χ2v) is 3.83. The summed E-state index contributed by atoms with van der Waals surface area (Å²) in [5.74, 6) is -2.64. The highest BCUT2D eigenvalue weighted by Crippen LogP contribution is 2.14. The molecule has 0 fully saturated rings. The summed E-state index contributed by atoms with van der Waals surface area (Å²) in [7, 11) is 0. The van der Waals surface area contributed by atoms with Crippen LogP contribution in [0.3, 0.4) is 0 Å². The number of halogens is 4. The Morgan fingerprint density at radius 3 is 2.45 bits per heavy atom. The van der Waals surface area contributed by atoms with Gasteiger partial charge in [-0.3, -0.25) is 9.59 Å². The van der Waals surface area contributed by atoms with E-state index in [1.807, 2.05) is 5.32 Å². The van der Waals surface area contributed by atoms with Crippen molar-refractivity contribution in [2.75, 3.05) is 18.4 Å². The van der Waals surface area contributed by atoms with Gasteiger partial charge < -0.3 is 16.4 Å². The van der Waals surface area contributed by atoms with Gasteiger partial charge in [-0.1, -0.05) is 0 Å². The largest absolute Gasteiger partial charge is 0.401 e. The van der Waals surface area contributed by atoms with Crippen LogP contribution in [0, 0.1) is 5.82 Å². The van der Waals surface area contributed by atoms with Gasteiger partial charge in [-0.2, -0.15) is 13.2 Å². The summed E-state index contributed by atoms with van der Waals surface area (Å²) in [6, 6.07) is 3.07. The number of primary amides is 1. The number of benzene rings is 1. The van der Waals surface area contributed by atoms with E-state index in [-0.39, 0.29) is 5.69 Å². The maximum Gasteiger partial charge on any atom is 0.401 e. The summed E-state index contributed by atoms with van der Waals surface area (Å²) in [6.45, 7) is -1.89. The molecule has 0 spiro atoms. The molecule has 0 bridgehead atoms. The van der Waals surface area contributed by atoms with Crippen LogP contribution in [-0.4, -0.2) is 31.1 Å². The maximum absolute atomic E-state index is 13.1. The number of carbonyl (C=O) groups is 2. The normalized spacial score (nSPS) is 11.2. The number of alkyl halides is 3. The first-order valence-electron chi connectivity index (χ1n) is 5.36. The zero-order valence-corrected chi connectivity index (χ0v) is 10.1. The Hall–Kier alpha value is -2.16. The van der Waals surface area contributed by atoms with Gasteiger partial charge in [-0.25, -0.2) is 4.39 Å². The molecule has 0 aliphatic heterocycles. The lowest BCUT2D eigenvalue weighted by Gasteiger charge is -2.09. The molecular weight excluding hydrogens is 282 g/mol. The molecule has 4 N–H and O–H groups in total. The minimum absolute atomic E-state index is 0.0546. The molecule has 2 amide bonds. The minimum Gasteiger partial charge on any atom is -0.366 e. The second-order valence-electron chi connectivity index (χ2n) is 3.83. The molecule has 0 aliphatic carbocycles. The summed E-state index contributed by atoms with van der Waals surface area (Å²) in [5.41, 5.74) is 4.54. The SMILES string of the molecule is NC(=O)c1cc(NC(=O)CNCC(F)(F)F)ccc1F. The summed E-state index contributed by atoms with van der Waals surface area (Å²) in [6.07, 6.45) is -4.42. The summed E-state index contributed by atoms with van der Waals surface area (Å²) < 4.78 is 48.6. The van der Waals surface area contributed by atoms with Crippen LogP contribution in [0.25, 0.3) is 0 Å². The molecule has 5 nitrogen and oxygen atoms in total. The van der Waals surface area contributed by atoms with E-state index in [0.29, 0.717) is 0 Å². The standard InChI is InChI=1S/C11H11F4N3O2/c12-8-2-1-6(3-7(8)10(16)20)18-9(19)4-17-5-11(13,14)15/h1-3,17H,4-5H2,(H2,16,20)(H,18,19). The fourth-order valence-electron chi connectivity index (χ4n) is 1.31. The molecule has 0 saturated carbocycles. The van der Waals surface area contributed by atoms with Gasteiger partial charge in [0, 0.05) is 5.69 Å². The summed E-state index contributed by atoms with van der Waals surface area (Å²) in [5, 5.41) is 4.10. The Kier molecular flexibility index (Phi) is 5.03. The average Bonchev–Trinajstić information content (AvgIpc) is 2.29. The van der Waals surface area contributed by atoms with Gasteiger partial charge in [0.1, 0.15) is 5.82 Å². The van der Waals surface area contributed by atoms with Gasteiger partial charge in [0.25, 0.3) is 5.91 Å². The van der Waals surface area contributed by atoms with Crippen molar-refractivity contribution in [1.82, 2.24) is 5.32 Å². The highest BCUT2D eigenvalue weighted by molar-refractivity contribution is 5.97. The Balaban J connectivity index is 2.58. The van der Waals surface area contributed by atoms with E-state index < -0.39 is 42.5 Å². The molecule has 0 aromatic heterocycles. The zero-order valence-electron chi connectivity index (χ0n) is 10.1. The van der Waals surface area contributed by atoms with Crippen LogP contribution >= 0.6 is 0 Å². The lowest BCUT2D eigenvalue weighted by molar-refractivity contribution is -0.126. The highest BCUT2D eigenvalue weighted by Gasteiger charge is 2.26. The summed E-state index contributed by atoms with van der Waals surface area (Å²) >= 11 is 0. The molecule has 20 heavy (non-hydrogen) atoms. The fraction of sp³-hybridized carbons (Fsp3) is 0.273. The van der Waals surface area contributed by atoms with E-state index in [1.165, 1.54) is 0 Å². The van der Waals surface area contributed by atoms with E-state index >= 15 is 0 Å². The predicted octanol–water partition coefficient (Wildman–Crippen LogP) is 1.01. The maximum atomic E-state index is 13.1. The quantitative estimate of drug-likeness (QED) is 0.709. The Bertz CT molecular complexity index is 517. The molecule has 0 atom stereocenters. The zero-order chi connectivity index (χ0) is 15.3. The minimum atomic E-state index is -4.42. The van der Waals surface area contributed by atoms with Gasteiger partial charge in [-0.05, 0) is 18.2 Å². The third-order valence-electron chi connectivity index (χ3n) is 2.13. The Labute approximate surface area is 111 Å². The van der Waals surface area contributed by atoms with Gasteiger partial charge in [0.2, 0.25) is 5.91 Å². The number of amides is 2. The van der Waals surface area contributed by atoms with Gasteiger partial charge in [0.15, 0.2) is 0 Å². The van der Waals surface area contributed by atoms with Crippen molar-refractivity contribution < 1.29 is 27.2 Å². The van der Waals surface area contributed by atoms with Crippen LogP contribution < -0.4 is 16.4 Å². The van der Waals surface area contributed by atoms with Crippen LogP contribution in [0.4, 0.5) is 23.2 Å². The molecular formula is C11H11F4N3O2. The van der Waals surface area contributed by atoms with E-state index in [2.05, 4.69) is 5.32 Å². The van der Waals surface area contributed by atoms with Crippen molar-refractivity contribution in [3.05, 3.63) is 29.6 Å². The summed E-state index contributed by atoms with van der Waals surface area (Å²) in [4.78, 5) is 22.2. The molecule has 0 unspecified atom stereocenters. The van der Waals surface area contributed by atoms with E-state index in [0.717, 1.165) is 18.2 Å². The van der Waals surface area contributed by atoms with Crippen molar-refractivity contribution in [3.63, 3.8) is 0 Å². The molecule has 1 aromatic carbocycles. The molecule has 0 saturated heterocycles. The Morgan fingerprint density at radius 2 is 1.90 bits per heavy atom. The molecule has 110 valence electrons. The van der Waals surface area contributed by atoms with E-state index in [1.54, 1.807) is 0 Å². The average molecular weight is 293 g/mol. The first kappa shape index (κ1) is 15.9. The lowest BCUT2D eigenvalue weighted by atomic mass is 10.2. The highest BCUT2D eigenvalue weighted by atomic mass is 19.4. The third kappa shape index (κ3) is 5.22. The van der Waals surface area contributed by atoms with Crippen LogP contribution in [0.1, 0.15) is 10.4 Å². The Morgan fingerprint density at radius 1 is 1.25 bits per heavy atom. The number of rotatable bonds is 5. The molecule has 0 heterocycles. The van der Waals surface area contributed by atoms with Crippen LogP contribution in [0.5, 0.6) is 0 Å². The molecule has 1 aromatic rings. The van der Waals surface area contributed by atoms with Gasteiger partial charge in [-0.15, -0.1) is 0 Å². The van der Waals surface area contributed by atoms with Crippen molar-refractivity contribution in [2.45, 2.75) is 6.18 Å². The second kappa shape index (κ2) is 6.33. The number of hydrogen-bond donors (Lipinski definition) is 3. The molecule has 0 radical (unpaired) electrons. The molecule has 9 heteroatoms. The molecule has 0 aliphatic rings. The fourth-order valence-corrected chi connectivity index (χ4v) is 1.31. The van der Waals surface area contributed by atoms with Crippen molar-refractivity contribution in [1.29, 1.82) is 0 Å². The topological polar surface area (TPSA) is 84.2 Å². The first-order chi connectivity index (χ1) is 9.19. The van der Waals surface area contributed by atoms with Crippen LogP contribution in [0.2, 0.25) is 0 Å². The molecule has 1 rings (SSSR count). The monoisotopic (exact) mass is 293 g/mol. The number of nitrogens with one attached hydrogen (secondary N) is 2. The van der Waals surface area contributed by atoms with E-state index in [4.69, 9.17) is 5.73 Å².